The van der Waals surface area contributed by atoms with Gasteiger partial charge in [0.1, 0.15) is 5.60 Å². The van der Waals surface area contributed by atoms with Gasteiger partial charge in [0.05, 0.1) is 24.9 Å². The van der Waals surface area contributed by atoms with Crippen molar-refractivity contribution >= 4 is 33.7 Å². The van der Waals surface area contributed by atoms with Gasteiger partial charge in [-0.3, -0.25) is 0 Å². The van der Waals surface area contributed by atoms with Gasteiger partial charge in [-0.25, -0.2) is 9.59 Å². The van der Waals surface area contributed by atoms with Gasteiger partial charge >= 0.3 is 12.1 Å². The van der Waals surface area contributed by atoms with Gasteiger partial charge in [-0.1, -0.05) is 54.6 Å². The fourth-order valence-electron chi connectivity index (χ4n) is 4.14. The number of aromatic nitrogens is 1. The lowest BCUT2D eigenvalue weighted by Crippen LogP contribution is -2.32. The van der Waals surface area contributed by atoms with Crippen molar-refractivity contribution in [3.8, 4) is 11.1 Å². The summed E-state index contributed by atoms with van der Waals surface area (Å²) in [7, 11) is 3.24. The molecule has 1 N–H and O–H groups in total. The average molecular weight is 445 g/mol. The Balaban J connectivity index is 1.80. The number of carbonyl (C=O) groups is 2. The lowest BCUT2D eigenvalue weighted by atomic mass is 9.97. The minimum absolute atomic E-state index is 0.133. The lowest BCUT2D eigenvalue weighted by molar-refractivity contribution is 0.0517. The quantitative estimate of drug-likeness (QED) is 0.403. The molecule has 0 bridgehead atoms. The van der Waals surface area contributed by atoms with Crippen molar-refractivity contribution in [1.29, 1.82) is 0 Å². The Bertz CT molecular complexity index is 1360. The summed E-state index contributed by atoms with van der Waals surface area (Å²) in [6.45, 7) is 5.54. The maximum Gasteiger partial charge on any atom is 0.407 e. The van der Waals surface area contributed by atoms with Crippen LogP contribution in [-0.4, -0.2) is 29.3 Å². The number of benzene rings is 3. The highest BCUT2D eigenvalue weighted by molar-refractivity contribution is 6.07. The van der Waals surface area contributed by atoms with E-state index in [1.165, 1.54) is 12.5 Å². The molecule has 1 heterocycles. The van der Waals surface area contributed by atoms with Crippen LogP contribution in [0.3, 0.4) is 0 Å². The van der Waals surface area contributed by atoms with Gasteiger partial charge in [0.25, 0.3) is 0 Å². The predicted molar refractivity (Wildman–Crippen MR) is 130 cm³/mol. The van der Waals surface area contributed by atoms with E-state index in [0.717, 1.165) is 27.4 Å². The zero-order valence-electron chi connectivity index (χ0n) is 19.6. The van der Waals surface area contributed by atoms with Crippen LogP contribution in [0.5, 0.6) is 0 Å². The van der Waals surface area contributed by atoms with Crippen LogP contribution >= 0.6 is 0 Å². The smallest absolute Gasteiger partial charge is 0.407 e. The van der Waals surface area contributed by atoms with Crippen LogP contribution in [0.1, 0.15) is 36.8 Å². The third-order valence-corrected chi connectivity index (χ3v) is 5.61. The molecule has 0 aliphatic rings. The van der Waals surface area contributed by atoms with Crippen LogP contribution in [0, 0.1) is 0 Å². The van der Waals surface area contributed by atoms with Crippen LogP contribution in [0.25, 0.3) is 32.8 Å². The van der Waals surface area contributed by atoms with Gasteiger partial charge < -0.3 is 19.4 Å². The Hall–Kier alpha value is -3.80. The normalized spacial score (nSPS) is 11.5. The van der Waals surface area contributed by atoms with Crippen LogP contribution in [0.4, 0.5) is 4.79 Å². The van der Waals surface area contributed by atoms with Crippen molar-refractivity contribution in [2.75, 3.05) is 7.11 Å². The van der Waals surface area contributed by atoms with Crippen LogP contribution < -0.4 is 5.32 Å². The summed E-state index contributed by atoms with van der Waals surface area (Å²) in [4.78, 5) is 24.9. The number of esters is 1. The van der Waals surface area contributed by atoms with Crippen LogP contribution in [0.2, 0.25) is 0 Å². The molecule has 0 radical (unpaired) electrons. The van der Waals surface area contributed by atoms with Crippen LogP contribution in [-0.2, 0) is 23.1 Å². The van der Waals surface area contributed by atoms with E-state index in [-0.39, 0.29) is 6.54 Å². The van der Waals surface area contributed by atoms with Crippen molar-refractivity contribution in [2.45, 2.75) is 32.9 Å². The van der Waals surface area contributed by atoms with Crippen molar-refractivity contribution in [3.63, 3.8) is 0 Å². The van der Waals surface area contributed by atoms with E-state index < -0.39 is 17.7 Å². The molecule has 0 spiro atoms. The third kappa shape index (κ3) is 4.42. The van der Waals surface area contributed by atoms with Gasteiger partial charge in [-0.15, -0.1) is 0 Å². The first-order valence-electron chi connectivity index (χ1n) is 10.8. The minimum Gasteiger partial charge on any atom is -0.465 e. The number of methoxy groups -OCH3 is 1. The highest BCUT2D eigenvalue weighted by Gasteiger charge is 2.24. The second-order valence-corrected chi connectivity index (χ2v) is 8.99. The number of amides is 1. The first kappa shape index (κ1) is 22.4. The zero-order chi connectivity index (χ0) is 23.8. The molecule has 6 nitrogen and oxygen atoms in total. The van der Waals surface area contributed by atoms with Crippen molar-refractivity contribution in [3.05, 3.63) is 71.9 Å². The summed E-state index contributed by atoms with van der Waals surface area (Å²) in [6.07, 6.45) is -0.542. The molecule has 0 aliphatic carbocycles. The van der Waals surface area contributed by atoms with Crippen molar-refractivity contribution in [1.82, 2.24) is 9.88 Å². The summed E-state index contributed by atoms with van der Waals surface area (Å²) < 4.78 is 12.3. The van der Waals surface area contributed by atoms with Gasteiger partial charge in [-0.05, 0) is 48.7 Å². The van der Waals surface area contributed by atoms with E-state index in [2.05, 4.69) is 35.6 Å². The highest BCUT2D eigenvalue weighted by atomic mass is 16.6. The largest absolute Gasteiger partial charge is 0.465 e. The molecule has 0 unspecified atom stereocenters. The molecular formula is C27H28N2O4. The average Bonchev–Trinajstić information content (AvgIpc) is 3.06. The molecule has 170 valence electrons. The third-order valence-electron chi connectivity index (χ3n) is 5.61. The first-order chi connectivity index (χ1) is 15.7. The van der Waals surface area contributed by atoms with Crippen molar-refractivity contribution in [2.24, 2.45) is 7.05 Å². The molecule has 1 amide bonds. The number of ether oxygens (including phenoxy) is 2. The van der Waals surface area contributed by atoms with Gasteiger partial charge in [-0.2, -0.15) is 0 Å². The van der Waals surface area contributed by atoms with E-state index in [4.69, 9.17) is 9.47 Å². The second kappa shape index (κ2) is 8.62. The number of hydrogen-bond acceptors (Lipinski definition) is 4. The summed E-state index contributed by atoms with van der Waals surface area (Å²) >= 11 is 0. The molecular weight excluding hydrogens is 416 g/mol. The molecule has 6 heteroatoms. The summed E-state index contributed by atoms with van der Waals surface area (Å²) in [5, 5.41) is 5.86. The van der Waals surface area contributed by atoms with Gasteiger partial charge in [0, 0.05) is 18.0 Å². The number of hydrogen-bond donors (Lipinski definition) is 1. The molecule has 0 saturated carbocycles. The van der Waals surface area contributed by atoms with Crippen molar-refractivity contribution < 1.29 is 19.1 Å². The van der Waals surface area contributed by atoms with E-state index in [9.17, 15) is 9.59 Å². The molecule has 0 atom stereocenters. The summed E-state index contributed by atoms with van der Waals surface area (Å²) in [6, 6.07) is 20.5. The Labute approximate surface area is 193 Å². The first-order valence-corrected chi connectivity index (χ1v) is 10.8. The molecule has 4 aromatic rings. The fraction of sp³-hybridized carbons (Fsp3) is 0.259. The fourth-order valence-corrected chi connectivity index (χ4v) is 4.14. The Morgan fingerprint density at radius 3 is 2.42 bits per heavy atom. The van der Waals surface area contributed by atoms with E-state index in [0.29, 0.717) is 11.3 Å². The predicted octanol–water partition coefficient (Wildman–Crippen LogP) is 5.81. The number of rotatable bonds is 4. The Morgan fingerprint density at radius 2 is 1.70 bits per heavy atom. The zero-order valence-corrected chi connectivity index (χ0v) is 19.6. The number of carbonyl (C=O) groups excluding carboxylic acids is 2. The van der Waals surface area contributed by atoms with E-state index >= 15 is 0 Å². The molecule has 4 rings (SSSR count). The highest BCUT2D eigenvalue weighted by Crippen LogP contribution is 2.33. The Kier molecular flexibility index (Phi) is 5.85. The van der Waals surface area contributed by atoms with Gasteiger partial charge in [0.2, 0.25) is 0 Å². The molecule has 0 saturated heterocycles. The molecule has 0 aliphatic heterocycles. The molecule has 3 aromatic carbocycles. The number of fused-ring (bicyclic) bond motifs is 2. The maximum atomic E-state index is 12.7. The number of nitrogens with one attached hydrogen (secondary N) is 1. The molecule has 0 fully saturated rings. The van der Waals surface area contributed by atoms with Crippen LogP contribution in [0.15, 0.2) is 60.7 Å². The van der Waals surface area contributed by atoms with Gasteiger partial charge in [0.15, 0.2) is 0 Å². The topological polar surface area (TPSA) is 69.6 Å². The standard InChI is InChI=1S/C27H28N2O4/c1-27(2,3)33-26(31)28-16-23-24(25(30)32-5)21-14-13-18(15-22(21)29(23)4)20-12-8-10-17-9-6-7-11-19(17)20/h6-15H,16H2,1-5H3,(H,28,31). The summed E-state index contributed by atoms with van der Waals surface area (Å²) in [5.74, 6) is -0.445. The minimum atomic E-state index is -0.610. The SMILES string of the molecule is COC(=O)c1c(CNC(=O)OC(C)(C)C)n(C)c2cc(-c3cccc4ccccc34)ccc12. The second-order valence-electron chi connectivity index (χ2n) is 8.99. The van der Waals surface area contributed by atoms with E-state index in [1.54, 1.807) is 20.8 Å². The number of nitrogens with zero attached hydrogens (tertiary/aromatic N) is 1. The van der Waals surface area contributed by atoms with E-state index in [1.807, 2.05) is 41.9 Å². The number of aryl methyl sites for hydroxylation is 1. The Morgan fingerprint density at radius 1 is 0.970 bits per heavy atom. The summed E-state index contributed by atoms with van der Waals surface area (Å²) in [5.41, 5.74) is 3.52. The maximum absolute atomic E-state index is 12.7. The molecule has 1 aromatic heterocycles. The monoisotopic (exact) mass is 444 g/mol. The number of alkyl carbamates (subject to hydrolysis) is 1. The molecule has 33 heavy (non-hydrogen) atoms. The lowest BCUT2D eigenvalue weighted by Gasteiger charge is -2.20.